The predicted molar refractivity (Wildman–Crippen MR) is 51.1 cm³/mol. The molecule has 2 rings (SSSR count). The second-order valence-electron chi connectivity index (χ2n) is 2.86. The first-order valence-electron chi connectivity index (χ1n) is 4.11. The summed E-state index contributed by atoms with van der Waals surface area (Å²) in [6.07, 6.45) is 1.39. The number of oxime groups is 1. The Morgan fingerprint density at radius 3 is 3.00 bits per heavy atom. The van der Waals surface area contributed by atoms with Crippen LogP contribution in [0.25, 0.3) is 0 Å². The molecule has 0 bridgehead atoms. The number of halogens is 1. The van der Waals surface area contributed by atoms with Gasteiger partial charge in [0.1, 0.15) is 5.71 Å². The summed E-state index contributed by atoms with van der Waals surface area (Å²) in [7, 11) is 0. The molecule has 0 amide bonds. The van der Waals surface area contributed by atoms with Gasteiger partial charge in [-0.25, -0.2) is 0 Å². The first kappa shape index (κ1) is 9.15. The summed E-state index contributed by atoms with van der Waals surface area (Å²) in [5.74, 6) is 0. The quantitative estimate of drug-likeness (QED) is 0.693. The lowest BCUT2D eigenvalue weighted by molar-refractivity contribution is -0.120. The Bertz CT molecular complexity index is 378. The first-order valence-corrected chi connectivity index (χ1v) is 4.48. The molecular formula is C9H7ClN2O2. The molecule has 1 aliphatic rings. The highest BCUT2D eigenvalue weighted by Gasteiger charge is 2.27. The van der Waals surface area contributed by atoms with Crippen LogP contribution in [0.15, 0.2) is 29.6 Å². The molecule has 14 heavy (non-hydrogen) atoms. The normalized spacial score (nSPS) is 20.1. The van der Waals surface area contributed by atoms with Gasteiger partial charge in [-0.2, -0.15) is 0 Å². The lowest BCUT2D eigenvalue weighted by atomic mass is 10.1. The van der Waals surface area contributed by atoms with Crippen molar-refractivity contribution in [3.63, 3.8) is 0 Å². The van der Waals surface area contributed by atoms with Crippen LogP contribution in [0.5, 0.6) is 0 Å². The molecule has 0 aliphatic carbocycles. The average Bonchev–Trinajstić information content (AvgIpc) is 2.68. The van der Waals surface area contributed by atoms with Gasteiger partial charge in [-0.15, -0.1) is 0 Å². The van der Waals surface area contributed by atoms with Crippen molar-refractivity contribution < 1.29 is 9.63 Å². The van der Waals surface area contributed by atoms with Gasteiger partial charge < -0.3 is 4.84 Å². The molecule has 0 aromatic carbocycles. The maximum absolute atomic E-state index is 10.8. The van der Waals surface area contributed by atoms with Crippen LogP contribution in [0.2, 0.25) is 0 Å². The standard InChI is InChI=1S/C9H7ClN2O2/c10-9(13)8-5-7(12-14-8)6-3-1-2-4-11-6/h1-4,8H,5H2/t8-/m1/s1. The number of rotatable bonds is 2. The van der Waals surface area contributed by atoms with Crippen LogP contribution in [0.1, 0.15) is 12.1 Å². The summed E-state index contributed by atoms with van der Waals surface area (Å²) >= 11 is 5.28. The summed E-state index contributed by atoms with van der Waals surface area (Å²) < 4.78 is 0. The van der Waals surface area contributed by atoms with E-state index in [0.717, 1.165) is 0 Å². The van der Waals surface area contributed by atoms with E-state index in [1.165, 1.54) is 0 Å². The van der Waals surface area contributed by atoms with E-state index in [1.807, 2.05) is 18.2 Å². The van der Waals surface area contributed by atoms with E-state index >= 15 is 0 Å². The van der Waals surface area contributed by atoms with Gasteiger partial charge >= 0.3 is 0 Å². The average molecular weight is 211 g/mol. The Morgan fingerprint density at radius 1 is 1.57 bits per heavy atom. The zero-order valence-electron chi connectivity index (χ0n) is 7.18. The Morgan fingerprint density at radius 2 is 2.43 bits per heavy atom. The van der Waals surface area contributed by atoms with Crippen molar-refractivity contribution in [1.82, 2.24) is 4.98 Å². The fraction of sp³-hybridized carbons (Fsp3) is 0.222. The molecule has 4 nitrogen and oxygen atoms in total. The Balaban J connectivity index is 2.13. The number of aromatic nitrogens is 1. The minimum absolute atomic E-state index is 0.388. The molecule has 0 unspecified atom stereocenters. The van der Waals surface area contributed by atoms with E-state index in [4.69, 9.17) is 16.4 Å². The molecule has 0 saturated heterocycles. The monoisotopic (exact) mass is 210 g/mol. The van der Waals surface area contributed by atoms with Gasteiger partial charge in [-0.3, -0.25) is 9.78 Å². The molecule has 1 aromatic heterocycles. The number of nitrogens with zero attached hydrogens (tertiary/aromatic N) is 2. The first-order chi connectivity index (χ1) is 6.77. The smallest absolute Gasteiger partial charge is 0.265 e. The molecule has 0 saturated carbocycles. The van der Waals surface area contributed by atoms with Crippen LogP contribution >= 0.6 is 11.6 Å². The SMILES string of the molecule is O=C(Cl)[C@H]1CC(c2ccccn2)=NO1. The molecule has 72 valence electrons. The maximum atomic E-state index is 10.8. The molecule has 0 radical (unpaired) electrons. The van der Waals surface area contributed by atoms with Gasteiger partial charge in [-0.1, -0.05) is 11.2 Å². The minimum Gasteiger partial charge on any atom is -0.382 e. The topological polar surface area (TPSA) is 51.5 Å². The highest BCUT2D eigenvalue weighted by molar-refractivity contribution is 6.64. The highest BCUT2D eigenvalue weighted by atomic mass is 35.5. The summed E-state index contributed by atoms with van der Waals surface area (Å²) in [5, 5.41) is 3.23. The summed E-state index contributed by atoms with van der Waals surface area (Å²) in [6, 6.07) is 5.47. The second-order valence-corrected chi connectivity index (χ2v) is 3.23. The van der Waals surface area contributed by atoms with E-state index < -0.39 is 11.3 Å². The Hall–Kier alpha value is -1.42. The maximum Gasteiger partial charge on any atom is 0.265 e. The van der Waals surface area contributed by atoms with Crippen LogP contribution in [-0.4, -0.2) is 22.0 Å². The van der Waals surface area contributed by atoms with Crippen LogP contribution in [-0.2, 0) is 9.63 Å². The fourth-order valence-corrected chi connectivity index (χ4v) is 1.30. The molecule has 0 spiro atoms. The molecule has 1 atom stereocenters. The lowest BCUT2D eigenvalue weighted by Gasteiger charge is -1.99. The van der Waals surface area contributed by atoms with Crippen LogP contribution < -0.4 is 0 Å². The van der Waals surface area contributed by atoms with Crippen molar-refractivity contribution in [2.45, 2.75) is 12.5 Å². The van der Waals surface area contributed by atoms with Gasteiger partial charge in [0.05, 0.1) is 5.69 Å². The van der Waals surface area contributed by atoms with Gasteiger partial charge in [-0.05, 0) is 23.7 Å². The zero-order valence-corrected chi connectivity index (χ0v) is 7.94. The minimum atomic E-state index is -0.659. The van der Waals surface area contributed by atoms with Crippen LogP contribution in [0, 0.1) is 0 Å². The van der Waals surface area contributed by atoms with Gasteiger partial charge in [0.15, 0.2) is 0 Å². The van der Waals surface area contributed by atoms with Gasteiger partial charge in [0.25, 0.3) is 5.24 Å². The van der Waals surface area contributed by atoms with Crippen molar-refractivity contribution in [2.24, 2.45) is 5.16 Å². The molecule has 1 aliphatic heterocycles. The molecule has 2 heterocycles. The largest absolute Gasteiger partial charge is 0.382 e. The van der Waals surface area contributed by atoms with Crippen molar-refractivity contribution in [3.8, 4) is 0 Å². The molecular weight excluding hydrogens is 204 g/mol. The third-order valence-electron chi connectivity index (χ3n) is 1.88. The summed E-state index contributed by atoms with van der Waals surface area (Å²) in [4.78, 5) is 19.7. The molecule has 0 fully saturated rings. The Kier molecular flexibility index (Phi) is 2.45. The fourth-order valence-electron chi connectivity index (χ4n) is 1.18. The third kappa shape index (κ3) is 1.75. The van der Waals surface area contributed by atoms with E-state index in [2.05, 4.69) is 10.1 Å². The Labute approximate surface area is 85.5 Å². The highest BCUT2D eigenvalue weighted by Crippen LogP contribution is 2.16. The number of carbonyl (C=O) groups is 1. The molecule has 5 heteroatoms. The van der Waals surface area contributed by atoms with Gasteiger partial charge in [0.2, 0.25) is 6.10 Å². The van der Waals surface area contributed by atoms with Crippen LogP contribution in [0.4, 0.5) is 0 Å². The van der Waals surface area contributed by atoms with E-state index in [1.54, 1.807) is 6.20 Å². The van der Waals surface area contributed by atoms with Crippen molar-refractivity contribution >= 4 is 22.6 Å². The summed E-state index contributed by atoms with van der Waals surface area (Å²) in [6.45, 7) is 0. The zero-order chi connectivity index (χ0) is 9.97. The molecule has 1 aromatic rings. The van der Waals surface area contributed by atoms with E-state index in [-0.39, 0.29) is 0 Å². The number of pyridine rings is 1. The van der Waals surface area contributed by atoms with Crippen molar-refractivity contribution in [2.75, 3.05) is 0 Å². The lowest BCUT2D eigenvalue weighted by Crippen LogP contribution is -2.15. The number of carbonyl (C=O) groups excluding carboxylic acids is 1. The number of hydrogen-bond acceptors (Lipinski definition) is 4. The van der Waals surface area contributed by atoms with Crippen LogP contribution in [0.3, 0.4) is 0 Å². The third-order valence-corrected chi connectivity index (χ3v) is 2.13. The predicted octanol–water partition coefficient (Wildman–Crippen LogP) is 1.34. The van der Waals surface area contributed by atoms with Crippen molar-refractivity contribution in [1.29, 1.82) is 0 Å². The van der Waals surface area contributed by atoms with E-state index in [0.29, 0.717) is 17.8 Å². The van der Waals surface area contributed by atoms with E-state index in [9.17, 15) is 4.79 Å². The van der Waals surface area contributed by atoms with Gasteiger partial charge in [0, 0.05) is 12.6 Å². The molecule has 0 N–H and O–H groups in total. The summed E-state index contributed by atoms with van der Waals surface area (Å²) in [5.41, 5.74) is 1.37. The number of hydrogen-bond donors (Lipinski definition) is 0. The second kappa shape index (κ2) is 3.75. The van der Waals surface area contributed by atoms with Crippen molar-refractivity contribution in [3.05, 3.63) is 30.1 Å².